The Bertz CT molecular complexity index is 759. The second-order valence-corrected chi connectivity index (χ2v) is 5.34. The predicted molar refractivity (Wildman–Crippen MR) is 97.9 cm³/mol. The highest BCUT2D eigenvalue weighted by atomic mass is 16.5. The van der Waals surface area contributed by atoms with Gasteiger partial charge in [0.05, 0.1) is 26.7 Å². The fourth-order valence-electron chi connectivity index (χ4n) is 2.19. The molecule has 0 aliphatic carbocycles. The number of methoxy groups -OCH3 is 1. The van der Waals surface area contributed by atoms with Gasteiger partial charge in [0.15, 0.2) is 11.5 Å². The Morgan fingerprint density at radius 1 is 1.04 bits per heavy atom. The first kappa shape index (κ1) is 19.1. The Morgan fingerprint density at radius 2 is 1.77 bits per heavy atom. The molecule has 0 heterocycles. The van der Waals surface area contributed by atoms with Crippen molar-refractivity contribution < 1.29 is 23.8 Å². The predicted octanol–water partition coefficient (Wildman–Crippen LogP) is 2.60. The molecule has 2 aromatic carbocycles. The van der Waals surface area contributed by atoms with Gasteiger partial charge in [-0.3, -0.25) is 9.59 Å². The van der Waals surface area contributed by atoms with Crippen molar-refractivity contribution in [2.75, 3.05) is 25.6 Å². The third-order valence-electron chi connectivity index (χ3n) is 3.46. The van der Waals surface area contributed by atoms with E-state index in [0.29, 0.717) is 35.1 Å². The minimum Gasteiger partial charge on any atom is -0.493 e. The molecule has 2 aromatic rings. The summed E-state index contributed by atoms with van der Waals surface area (Å²) in [5.74, 6) is 0.988. The van der Waals surface area contributed by atoms with Gasteiger partial charge in [-0.15, -0.1) is 0 Å². The fraction of sp³-hybridized carbons (Fsp3) is 0.263. The van der Waals surface area contributed by atoms with Crippen LogP contribution in [0, 0.1) is 0 Å². The summed E-state index contributed by atoms with van der Waals surface area (Å²) >= 11 is 0. The van der Waals surface area contributed by atoms with Crippen LogP contribution in [0.4, 0.5) is 5.69 Å². The van der Waals surface area contributed by atoms with Crippen molar-refractivity contribution in [3.05, 3.63) is 48.0 Å². The maximum atomic E-state index is 12.4. The normalized spacial score (nSPS) is 10.1. The first-order chi connectivity index (χ1) is 12.5. The first-order valence-electron chi connectivity index (χ1n) is 8.16. The largest absolute Gasteiger partial charge is 0.493 e. The molecule has 26 heavy (non-hydrogen) atoms. The first-order valence-corrected chi connectivity index (χ1v) is 8.16. The molecule has 7 heteroatoms. The van der Waals surface area contributed by atoms with Gasteiger partial charge in [-0.1, -0.05) is 0 Å². The minimum atomic E-state index is -0.417. The van der Waals surface area contributed by atoms with Crippen LogP contribution >= 0.6 is 0 Å². The summed E-state index contributed by atoms with van der Waals surface area (Å²) in [6, 6.07) is 11.8. The number of ether oxygens (including phenoxy) is 3. The summed E-state index contributed by atoms with van der Waals surface area (Å²) in [5.41, 5.74) is 6.12. The molecule has 0 radical (unpaired) electrons. The topological polar surface area (TPSA) is 99.9 Å². The Kier molecular flexibility index (Phi) is 6.84. The highest BCUT2D eigenvalue weighted by Gasteiger charge is 2.11. The molecule has 0 unspecified atom stereocenters. The molecule has 3 N–H and O–H groups in total. The Balaban J connectivity index is 1.99. The van der Waals surface area contributed by atoms with Gasteiger partial charge in [-0.05, 0) is 49.4 Å². The Hall–Kier alpha value is -3.22. The van der Waals surface area contributed by atoms with Crippen molar-refractivity contribution in [1.82, 2.24) is 0 Å². The van der Waals surface area contributed by atoms with Crippen LogP contribution in [-0.4, -0.2) is 32.1 Å². The molecule has 2 amide bonds. The second-order valence-electron chi connectivity index (χ2n) is 5.34. The quantitative estimate of drug-likeness (QED) is 0.718. The van der Waals surface area contributed by atoms with Crippen molar-refractivity contribution in [1.29, 1.82) is 0 Å². The molecule has 2 rings (SSSR count). The monoisotopic (exact) mass is 358 g/mol. The molecular formula is C19H22N2O5. The smallest absolute Gasteiger partial charge is 0.255 e. The van der Waals surface area contributed by atoms with Crippen LogP contribution in [0.5, 0.6) is 17.2 Å². The molecule has 0 spiro atoms. The van der Waals surface area contributed by atoms with Crippen molar-refractivity contribution in [3.8, 4) is 17.2 Å². The molecule has 0 fully saturated rings. The third-order valence-corrected chi connectivity index (χ3v) is 3.46. The van der Waals surface area contributed by atoms with E-state index in [2.05, 4.69) is 5.32 Å². The fourth-order valence-corrected chi connectivity index (χ4v) is 2.19. The average molecular weight is 358 g/mol. The number of amides is 2. The number of benzene rings is 2. The molecule has 0 bridgehead atoms. The summed E-state index contributed by atoms with van der Waals surface area (Å²) in [4.78, 5) is 23.1. The molecule has 138 valence electrons. The van der Waals surface area contributed by atoms with E-state index in [1.807, 2.05) is 6.92 Å². The number of hydrogen-bond donors (Lipinski definition) is 2. The van der Waals surface area contributed by atoms with Gasteiger partial charge in [0.1, 0.15) is 5.75 Å². The van der Waals surface area contributed by atoms with E-state index in [4.69, 9.17) is 19.9 Å². The van der Waals surface area contributed by atoms with Gasteiger partial charge in [0.25, 0.3) is 5.91 Å². The molecule has 7 nitrogen and oxygen atoms in total. The molecule has 0 saturated heterocycles. The number of hydrogen-bond acceptors (Lipinski definition) is 5. The summed E-state index contributed by atoms with van der Waals surface area (Å²) in [6.07, 6.45) is 0.151. The number of primary amides is 1. The Labute approximate surface area is 152 Å². The average Bonchev–Trinajstić information content (AvgIpc) is 2.63. The van der Waals surface area contributed by atoms with Crippen LogP contribution in [0.2, 0.25) is 0 Å². The van der Waals surface area contributed by atoms with Gasteiger partial charge in [-0.2, -0.15) is 0 Å². The van der Waals surface area contributed by atoms with Gasteiger partial charge < -0.3 is 25.3 Å². The zero-order chi connectivity index (χ0) is 18.9. The SMILES string of the molecule is CCOc1ccc(C(=O)Nc2ccc(OCCC(N)=O)cc2)cc1OC. The lowest BCUT2D eigenvalue weighted by Gasteiger charge is -2.11. The van der Waals surface area contributed by atoms with E-state index in [0.717, 1.165) is 0 Å². The number of carbonyl (C=O) groups is 2. The van der Waals surface area contributed by atoms with Crippen LogP contribution in [0.3, 0.4) is 0 Å². The van der Waals surface area contributed by atoms with Crippen LogP contribution in [-0.2, 0) is 4.79 Å². The van der Waals surface area contributed by atoms with E-state index in [1.165, 1.54) is 7.11 Å². The van der Waals surface area contributed by atoms with Gasteiger partial charge in [-0.25, -0.2) is 0 Å². The van der Waals surface area contributed by atoms with Gasteiger partial charge in [0.2, 0.25) is 5.91 Å². The lowest BCUT2D eigenvalue weighted by molar-refractivity contribution is -0.118. The van der Waals surface area contributed by atoms with Crippen LogP contribution in [0.25, 0.3) is 0 Å². The van der Waals surface area contributed by atoms with Crippen LogP contribution < -0.4 is 25.3 Å². The maximum absolute atomic E-state index is 12.4. The summed E-state index contributed by atoms with van der Waals surface area (Å²) in [6.45, 7) is 2.60. The van der Waals surface area contributed by atoms with Crippen LogP contribution in [0.15, 0.2) is 42.5 Å². The van der Waals surface area contributed by atoms with E-state index in [9.17, 15) is 9.59 Å². The third kappa shape index (κ3) is 5.41. The van der Waals surface area contributed by atoms with E-state index in [-0.39, 0.29) is 18.9 Å². The molecule has 0 aliphatic rings. The lowest BCUT2D eigenvalue weighted by Crippen LogP contribution is -2.14. The number of anilines is 1. The minimum absolute atomic E-state index is 0.151. The van der Waals surface area contributed by atoms with E-state index >= 15 is 0 Å². The standard InChI is InChI=1S/C19H22N2O5/c1-3-25-16-9-4-13(12-17(16)24-2)19(23)21-14-5-7-15(8-6-14)26-11-10-18(20)22/h4-9,12H,3,10-11H2,1-2H3,(H2,20,22)(H,21,23). The lowest BCUT2D eigenvalue weighted by atomic mass is 10.2. The Morgan fingerprint density at radius 3 is 2.38 bits per heavy atom. The number of nitrogens with two attached hydrogens (primary N) is 1. The number of nitrogens with one attached hydrogen (secondary N) is 1. The maximum Gasteiger partial charge on any atom is 0.255 e. The van der Waals surface area contributed by atoms with Gasteiger partial charge >= 0.3 is 0 Å². The van der Waals surface area contributed by atoms with Crippen LogP contribution in [0.1, 0.15) is 23.7 Å². The zero-order valence-electron chi connectivity index (χ0n) is 14.8. The number of carbonyl (C=O) groups excluding carboxylic acids is 2. The second kappa shape index (κ2) is 9.31. The molecule has 0 saturated carbocycles. The van der Waals surface area contributed by atoms with Crippen molar-refractivity contribution in [2.45, 2.75) is 13.3 Å². The summed E-state index contributed by atoms with van der Waals surface area (Å²) < 4.78 is 16.1. The highest BCUT2D eigenvalue weighted by molar-refractivity contribution is 6.04. The van der Waals surface area contributed by atoms with Crippen molar-refractivity contribution in [2.24, 2.45) is 5.73 Å². The van der Waals surface area contributed by atoms with E-state index < -0.39 is 5.91 Å². The van der Waals surface area contributed by atoms with E-state index in [1.54, 1.807) is 42.5 Å². The molecular weight excluding hydrogens is 336 g/mol. The summed E-state index contributed by atoms with van der Waals surface area (Å²) in [5, 5.41) is 2.80. The summed E-state index contributed by atoms with van der Waals surface area (Å²) in [7, 11) is 1.52. The molecule has 0 aliphatic heterocycles. The molecule has 0 aromatic heterocycles. The number of rotatable bonds is 9. The van der Waals surface area contributed by atoms with Crippen molar-refractivity contribution in [3.63, 3.8) is 0 Å². The molecule has 0 atom stereocenters. The highest BCUT2D eigenvalue weighted by Crippen LogP contribution is 2.28. The zero-order valence-corrected chi connectivity index (χ0v) is 14.8. The van der Waals surface area contributed by atoms with Gasteiger partial charge in [0, 0.05) is 11.3 Å². The van der Waals surface area contributed by atoms with Crippen molar-refractivity contribution >= 4 is 17.5 Å².